The molecule has 18 heavy (non-hydrogen) atoms. The zero-order valence-electron chi connectivity index (χ0n) is 10.8. The highest BCUT2D eigenvalue weighted by Crippen LogP contribution is 2.34. The molecule has 1 N–H and O–H groups in total. The molecule has 0 bridgehead atoms. The van der Waals surface area contributed by atoms with Gasteiger partial charge in [-0.05, 0) is 38.0 Å². The predicted octanol–water partition coefficient (Wildman–Crippen LogP) is 4.95. The Morgan fingerprint density at radius 2 is 2.06 bits per heavy atom. The third-order valence-electron chi connectivity index (χ3n) is 3.04. The number of pyridine rings is 1. The number of nitrogens with one attached hydrogen (secondary N) is 1. The maximum Gasteiger partial charge on any atom is 0.0913 e. The van der Waals surface area contributed by atoms with E-state index in [0.29, 0.717) is 5.02 Å². The predicted molar refractivity (Wildman–Crippen MR) is 82.7 cm³/mol. The van der Waals surface area contributed by atoms with Gasteiger partial charge in [0.25, 0.3) is 0 Å². The zero-order chi connectivity index (χ0) is 13.3. The van der Waals surface area contributed by atoms with Crippen LogP contribution in [0.15, 0.2) is 16.6 Å². The van der Waals surface area contributed by atoms with Crippen molar-refractivity contribution in [1.29, 1.82) is 0 Å². The van der Waals surface area contributed by atoms with E-state index in [4.69, 9.17) is 11.6 Å². The van der Waals surface area contributed by atoms with Crippen molar-refractivity contribution >= 4 is 44.1 Å². The summed E-state index contributed by atoms with van der Waals surface area (Å²) >= 11 is 9.78. The van der Waals surface area contributed by atoms with Gasteiger partial charge >= 0.3 is 0 Å². The zero-order valence-corrected chi connectivity index (χ0v) is 13.1. The van der Waals surface area contributed by atoms with E-state index in [0.717, 1.165) is 39.7 Å². The van der Waals surface area contributed by atoms with E-state index in [1.807, 2.05) is 6.07 Å². The van der Waals surface area contributed by atoms with Crippen molar-refractivity contribution in [2.24, 2.45) is 0 Å². The van der Waals surface area contributed by atoms with Gasteiger partial charge < -0.3 is 5.32 Å². The van der Waals surface area contributed by atoms with E-state index in [1.54, 1.807) is 0 Å². The summed E-state index contributed by atoms with van der Waals surface area (Å²) in [4.78, 5) is 4.68. The fourth-order valence-electron chi connectivity index (χ4n) is 2.18. The number of halogens is 2. The molecule has 1 heterocycles. The van der Waals surface area contributed by atoms with Gasteiger partial charge in [-0.1, -0.05) is 34.5 Å². The molecule has 0 aliphatic rings. The van der Waals surface area contributed by atoms with Gasteiger partial charge in [-0.25, -0.2) is 0 Å². The van der Waals surface area contributed by atoms with E-state index in [-0.39, 0.29) is 0 Å². The Kier molecular flexibility index (Phi) is 4.13. The molecule has 96 valence electrons. The maximum atomic E-state index is 6.30. The highest BCUT2D eigenvalue weighted by molar-refractivity contribution is 9.10. The minimum Gasteiger partial charge on any atom is -0.385 e. The quantitative estimate of drug-likeness (QED) is 0.862. The van der Waals surface area contributed by atoms with E-state index in [2.05, 4.69) is 53.1 Å². The number of nitrogens with zero attached hydrogens (tertiary/aromatic N) is 1. The molecule has 0 radical (unpaired) electrons. The number of aromatic nitrogens is 1. The standard InChI is InChI=1S/C14H16BrClN2/c1-4-12-8(3)13(17-5-2)10-6-9(15)7-11(16)14(10)18-12/h6-7H,4-5H2,1-3H3,(H,17,18). The number of rotatable bonds is 3. The summed E-state index contributed by atoms with van der Waals surface area (Å²) < 4.78 is 0.976. The smallest absolute Gasteiger partial charge is 0.0913 e. The number of benzene rings is 1. The highest BCUT2D eigenvalue weighted by Gasteiger charge is 2.13. The lowest BCUT2D eigenvalue weighted by Crippen LogP contribution is -2.04. The highest BCUT2D eigenvalue weighted by atomic mass is 79.9. The molecule has 0 saturated heterocycles. The molecule has 2 nitrogen and oxygen atoms in total. The number of anilines is 1. The monoisotopic (exact) mass is 326 g/mol. The Hall–Kier alpha value is -0.800. The van der Waals surface area contributed by atoms with Crippen LogP contribution >= 0.6 is 27.5 Å². The van der Waals surface area contributed by atoms with Crippen molar-refractivity contribution in [2.75, 3.05) is 11.9 Å². The van der Waals surface area contributed by atoms with Crippen molar-refractivity contribution in [3.63, 3.8) is 0 Å². The summed E-state index contributed by atoms with van der Waals surface area (Å²) in [5.74, 6) is 0. The average molecular weight is 328 g/mol. The molecule has 0 aliphatic carbocycles. The first kappa shape index (κ1) is 13.6. The number of fused-ring (bicyclic) bond motifs is 1. The van der Waals surface area contributed by atoms with Gasteiger partial charge in [-0.3, -0.25) is 4.98 Å². The molecule has 0 spiro atoms. The van der Waals surface area contributed by atoms with Crippen molar-refractivity contribution in [2.45, 2.75) is 27.2 Å². The third-order valence-corrected chi connectivity index (χ3v) is 3.79. The van der Waals surface area contributed by atoms with Crippen LogP contribution in [-0.4, -0.2) is 11.5 Å². The van der Waals surface area contributed by atoms with Gasteiger partial charge in [0.1, 0.15) is 0 Å². The molecular weight excluding hydrogens is 312 g/mol. The molecule has 0 atom stereocenters. The van der Waals surface area contributed by atoms with Gasteiger partial charge in [0.2, 0.25) is 0 Å². The largest absolute Gasteiger partial charge is 0.385 e. The van der Waals surface area contributed by atoms with Gasteiger partial charge in [0, 0.05) is 27.8 Å². The van der Waals surface area contributed by atoms with Crippen molar-refractivity contribution in [3.05, 3.63) is 32.9 Å². The first-order chi connectivity index (χ1) is 8.58. The van der Waals surface area contributed by atoms with Crippen LogP contribution in [0.25, 0.3) is 10.9 Å². The summed E-state index contributed by atoms with van der Waals surface area (Å²) in [5.41, 5.74) is 4.32. The second kappa shape index (κ2) is 5.45. The Morgan fingerprint density at radius 1 is 1.33 bits per heavy atom. The maximum absolute atomic E-state index is 6.30. The van der Waals surface area contributed by atoms with Crippen LogP contribution in [0, 0.1) is 6.92 Å². The molecule has 0 amide bonds. The molecule has 2 rings (SSSR count). The third kappa shape index (κ3) is 2.34. The normalized spacial score (nSPS) is 10.9. The summed E-state index contributed by atoms with van der Waals surface area (Å²) in [6.07, 6.45) is 0.909. The summed E-state index contributed by atoms with van der Waals surface area (Å²) in [7, 11) is 0. The fraction of sp³-hybridized carbons (Fsp3) is 0.357. The van der Waals surface area contributed by atoms with Crippen LogP contribution in [0.4, 0.5) is 5.69 Å². The van der Waals surface area contributed by atoms with Crippen LogP contribution in [0.1, 0.15) is 25.1 Å². The van der Waals surface area contributed by atoms with E-state index >= 15 is 0 Å². The van der Waals surface area contributed by atoms with Gasteiger partial charge in [0.15, 0.2) is 0 Å². The van der Waals surface area contributed by atoms with Crippen LogP contribution < -0.4 is 5.32 Å². The SMILES string of the molecule is CCNc1c(C)c(CC)nc2c(Cl)cc(Br)cc12. The topological polar surface area (TPSA) is 24.9 Å². The van der Waals surface area contributed by atoms with E-state index in [9.17, 15) is 0 Å². The molecule has 0 fully saturated rings. The Bertz CT molecular complexity index is 596. The summed E-state index contributed by atoms with van der Waals surface area (Å²) in [5, 5.41) is 5.19. The number of aryl methyl sites for hydroxylation is 1. The molecule has 0 aliphatic heterocycles. The van der Waals surface area contributed by atoms with Crippen LogP contribution in [-0.2, 0) is 6.42 Å². The number of hydrogen-bond donors (Lipinski definition) is 1. The minimum absolute atomic E-state index is 0.688. The Labute approximate surface area is 121 Å². The van der Waals surface area contributed by atoms with Crippen molar-refractivity contribution in [1.82, 2.24) is 4.98 Å². The van der Waals surface area contributed by atoms with Crippen molar-refractivity contribution in [3.8, 4) is 0 Å². The van der Waals surface area contributed by atoms with E-state index in [1.165, 1.54) is 5.56 Å². The first-order valence-corrected chi connectivity index (χ1v) is 7.27. The number of hydrogen-bond acceptors (Lipinski definition) is 2. The Balaban J connectivity index is 2.86. The lowest BCUT2D eigenvalue weighted by molar-refractivity contribution is 1.03. The fourth-order valence-corrected chi connectivity index (χ4v) is 3.04. The molecule has 1 aromatic carbocycles. The summed E-state index contributed by atoms with van der Waals surface area (Å²) in [6, 6.07) is 3.96. The van der Waals surface area contributed by atoms with Crippen LogP contribution in [0.2, 0.25) is 5.02 Å². The van der Waals surface area contributed by atoms with Gasteiger partial charge in [-0.15, -0.1) is 0 Å². The van der Waals surface area contributed by atoms with Crippen LogP contribution in [0.3, 0.4) is 0 Å². The lowest BCUT2D eigenvalue weighted by atomic mass is 10.1. The van der Waals surface area contributed by atoms with Crippen molar-refractivity contribution < 1.29 is 0 Å². The minimum atomic E-state index is 0.688. The molecule has 4 heteroatoms. The average Bonchev–Trinajstić information content (AvgIpc) is 2.33. The second-order valence-electron chi connectivity index (χ2n) is 4.23. The molecule has 0 saturated carbocycles. The van der Waals surface area contributed by atoms with Crippen LogP contribution in [0.5, 0.6) is 0 Å². The summed E-state index contributed by atoms with van der Waals surface area (Å²) in [6.45, 7) is 7.20. The first-order valence-electron chi connectivity index (χ1n) is 6.10. The van der Waals surface area contributed by atoms with E-state index < -0.39 is 0 Å². The molecule has 2 aromatic rings. The Morgan fingerprint density at radius 3 is 2.67 bits per heavy atom. The second-order valence-corrected chi connectivity index (χ2v) is 5.55. The molecular formula is C14H16BrClN2. The molecule has 1 aromatic heterocycles. The lowest BCUT2D eigenvalue weighted by Gasteiger charge is -2.15. The van der Waals surface area contributed by atoms with Gasteiger partial charge in [0.05, 0.1) is 10.5 Å². The molecule has 0 unspecified atom stereocenters. The van der Waals surface area contributed by atoms with Gasteiger partial charge in [-0.2, -0.15) is 0 Å².